The van der Waals surface area contributed by atoms with Gasteiger partial charge in [0.25, 0.3) is 5.91 Å². The van der Waals surface area contributed by atoms with Crippen LogP contribution >= 0.6 is 11.8 Å². The number of carbonyl (C=O) groups excluding carboxylic acids is 1. The third-order valence-electron chi connectivity index (χ3n) is 2.33. The fourth-order valence-electron chi connectivity index (χ4n) is 1.24. The maximum atomic E-state index is 11.1. The summed E-state index contributed by atoms with van der Waals surface area (Å²) in [7, 11) is 1.31. The molecule has 1 amide bonds. The Balaban J connectivity index is 3.05. The molecule has 0 saturated carbocycles. The summed E-state index contributed by atoms with van der Waals surface area (Å²) >= 11 is 1.56. The molecule has 1 aromatic heterocycles. The molecule has 0 aliphatic rings. The lowest BCUT2D eigenvalue weighted by Crippen LogP contribution is -2.46. The molecule has 0 fully saturated rings. The van der Waals surface area contributed by atoms with E-state index in [0.29, 0.717) is 0 Å². The molecule has 94 valence electrons. The summed E-state index contributed by atoms with van der Waals surface area (Å²) in [5.74, 6) is -1.96. The topological polar surface area (TPSA) is 73.7 Å². The van der Waals surface area contributed by atoms with Crippen LogP contribution in [0.1, 0.15) is 19.5 Å². The van der Waals surface area contributed by atoms with Crippen LogP contribution in [0.3, 0.4) is 0 Å². The van der Waals surface area contributed by atoms with E-state index >= 15 is 0 Å². The van der Waals surface area contributed by atoms with Crippen LogP contribution in [0.2, 0.25) is 0 Å². The Morgan fingerprint density at radius 1 is 1.59 bits per heavy atom. The van der Waals surface area contributed by atoms with E-state index in [1.165, 1.54) is 20.2 Å². The number of amides is 1. The highest BCUT2D eigenvalue weighted by atomic mass is 32.2. The zero-order valence-corrected chi connectivity index (χ0v) is 10.9. The molecule has 6 heteroatoms. The molecule has 0 saturated heterocycles. The lowest BCUT2D eigenvalue weighted by molar-refractivity contribution is -0.262. The van der Waals surface area contributed by atoms with Gasteiger partial charge in [-0.05, 0) is 17.9 Å². The number of aliphatic hydroxyl groups is 2. The van der Waals surface area contributed by atoms with Gasteiger partial charge in [0.2, 0.25) is 5.91 Å². The summed E-state index contributed by atoms with van der Waals surface area (Å²) in [6.07, 6.45) is 1.49. The average molecular weight is 256 g/mol. The zero-order chi connectivity index (χ0) is 13.1. The summed E-state index contributed by atoms with van der Waals surface area (Å²) in [5.41, 5.74) is 0.0358. The summed E-state index contributed by atoms with van der Waals surface area (Å²) < 4.78 is 0. The maximum Gasteiger partial charge on any atom is 0.294 e. The second-order valence-corrected chi connectivity index (χ2v) is 4.86. The number of thioether (sulfide) groups is 1. The Morgan fingerprint density at radius 3 is 2.76 bits per heavy atom. The lowest BCUT2D eigenvalue weighted by Gasteiger charge is -2.30. The van der Waals surface area contributed by atoms with E-state index in [1.54, 1.807) is 23.9 Å². The molecule has 0 bridgehead atoms. The van der Waals surface area contributed by atoms with Crippen molar-refractivity contribution in [1.82, 2.24) is 9.88 Å². The number of pyridine rings is 1. The number of aromatic nitrogens is 1. The van der Waals surface area contributed by atoms with E-state index in [1.807, 2.05) is 6.92 Å². The summed E-state index contributed by atoms with van der Waals surface area (Å²) in [4.78, 5) is 16.7. The molecular weight excluding hydrogens is 240 g/mol. The van der Waals surface area contributed by atoms with Gasteiger partial charge in [0.1, 0.15) is 5.69 Å². The number of carbonyl (C=O) groups is 1. The molecule has 2 N–H and O–H groups in total. The summed E-state index contributed by atoms with van der Waals surface area (Å²) in [6, 6.07) is 3.34. The largest absolute Gasteiger partial charge is 0.344 e. The highest BCUT2D eigenvalue weighted by Gasteiger charge is 2.35. The van der Waals surface area contributed by atoms with Crippen molar-refractivity contribution in [3.8, 4) is 0 Å². The van der Waals surface area contributed by atoms with E-state index in [4.69, 9.17) is 0 Å². The predicted octanol–water partition coefficient (Wildman–Crippen LogP) is 0.767. The Labute approximate surface area is 104 Å². The monoisotopic (exact) mass is 256 g/mol. The Morgan fingerprint density at radius 2 is 2.24 bits per heavy atom. The van der Waals surface area contributed by atoms with Crippen molar-refractivity contribution in [3.05, 3.63) is 24.0 Å². The third-order valence-corrected chi connectivity index (χ3v) is 3.20. The lowest BCUT2D eigenvalue weighted by atomic mass is 10.2. The third kappa shape index (κ3) is 3.18. The van der Waals surface area contributed by atoms with Crippen molar-refractivity contribution in [1.29, 1.82) is 0 Å². The molecule has 5 nitrogen and oxygen atoms in total. The molecule has 1 heterocycles. The van der Waals surface area contributed by atoms with E-state index in [0.717, 1.165) is 15.5 Å². The minimum Gasteiger partial charge on any atom is -0.344 e. The normalized spacial score (nSPS) is 11.4. The van der Waals surface area contributed by atoms with E-state index in [9.17, 15) is 15.0 Å². The van der Waals surface area contributed by atoms with Crippen molar-refractivity contribution in [2.24, 2.45) is 0 Å². The highest BCUT2D eigenvalue weighted by Crippen LogP contribution is 2.24. The first-order valence-electron chi connectivity index (χ1n) is 5.18. The van der Waals surface area contributed by atoms with Crippen LogP contribution in [0.5, 0.6) is 0 Å². The first kappa shape index (κ1) is 14.0. The predicted molar refractivity (Wildman–Crippen MR) is 65.2 cm³/mol. The van der Waals surface area contributed by atoms with Crippen molar-refractivity contribution < 1.29 is 15.0 Å². The van der Waals surface area contributed by atoms with Gasteiger partial charge in [0.15, 0.2) is 0 Å². The number of nitrogens with zero attached hydrogens (tertiary/aromatic N) is 2. The van der Waals surface area contributed by atoms with Crippen LogP contribution in [0, 0.1) is 0 Å². The second-order valence-electron chi connectivity index (χ2n) is 3.52. The van der Waals surface area contributed by atoms with Crippen molar-refractivity contribution in [2.75, 3.05) is 12.8 Å². The van der Waals surface area contributed by atoms with Gasteiger partial charge >= 0.3 is 0 Å². The van der Waals surface area contributed by atoms with Gasteiger partial charge in [-0.15, -0.1) is 11.8 Å². The number of rotatable bonds is 4. The summed E-state index contributed by atoms with van der Waals surface area (Å²) in [6.45, 7) is 3.25. The fraction of sp³-hybridized carbons (Fsp3) is 0.455. The second kappa shape index (κ2) is 5.48. The maximum absolute atomic E-state index is 11.1. The van der Waals surface area contributed by atoms with Gasteiger partial charge in [-0.3, -0.25) is 14.7 Å². The Kier molecular flexibility index (Phi) is 4.50. The molecule has 0 atom stereocenters. The fourth-order valence-corrected chi connectivity index (χ4v) is 1.93. The molecular formula is C11H16N2O3S. The van der Waals surface area contributed by atoms with Crippen molar-refractivity contribution in [3.63, 3.8) is 0 Å². The van der Waals surface area contributed by atoms with Crippen LogP contribution < -0.4 is 0 Å². The quantitative estimate of drug-likeness (QED) is 0.615. The van der Waals surface area contributed by atoms with E-state index in [-0.39, 0.29) is 5.69 Å². The van der Waals surface area contributed by atoms with Gasteiger partial charge in [-0.25, -0.2) is 0 Å². The Bertz CT molecular complexity index is 409. The first-order valence-corrected chi connectivity index (χ1v) is 6.16. The van der Waals surface area contributed by atoms with Gasteiger partial charge in [0, 0.05) is 25.1 Å². The molecule has 1 rings (SSSR count). The van der Waals surface area contributed by atoms with Crippen molar-refractivity contribution >= 4 is 17.7 Å². The molecule has 0 aliphatic heterocycles. The van der Waals surface area contributed by atoms with E-state index < -0.39 is 11.8 Å². The standard InChI is InChI=1S/C11H16N2O3S/c1-4-17-9-5-6-12-10(7-9)11(15,16)13(3)8(2)14/h5-7,15-16H,4H2,1-3H3. The van der Waals surface area contributed by atoms with Crippen LogP contribution in [0.15, 0.2) is 23.2 Å². The van der Waals surface area contributed by atoms with E-state index in [2.05, 4.69) is 4.98 Å². The van der Waals surface area contributed by atoms with Crippen LogP contribution in [0.25, 0.3) is 0 Å². The minimum absolute atomic E-state index is 0.0358. The molecule has 0 aromatic carbocycles. The Hall–Kier alpha value is -1.11. The molecule has 17 heavy (non-hydrogen) atoms. The van der Waals surface area contributed by atoms with Crippen LogP contribution in [-0.2, 0) is 10.7 Å². The molecule has 1 aromatic rings. The van der Waals surface area contributed by atoms with Gasteiger partial charge in [-0.1, -0.05) is 6.92 Å². The molecule has 0 radical (unpaired) electrons. The zero-order valence-electron chi connectivity index (χ0n) is 10.0. The van der Waals surface area contributed by atoms with Crippen LogP contribution in [-0.4, -0.2) is 38.8 Å². The smallest absolute Gasteiger partial charge is 0.294 e. The molecule has 0 aliphatic carbocycles. The number of hydrogen-bond acceptors (Lipinski definition) is 5. The molecule has 0 spiro atoms. The molecule has 0 unspecified atom stereocenters. The minimum atomic E-state index is -2.38. The van der Waals surface area contributed by atoms with Gasteiger partial charge in [-0.2, -0.15) is 0 Å². The van der Waals surface area contributed by atoms with Gasteiger partial charge in [0.05, 0.1) is 0 Å². The number of hydrogen-bond donors (Lipinski definition) is 2. The van der Waals surface area contributed by atoms with Crippen molar-refractivity contribution in [2.45, 2.75) is 24.7 Å². The average Bonchev–Trinajstić information content (AvgIpc) is 2.28. The SMILES string of the molecule is CCSc1ccnc(C(O)(O)N(C)C(C)=O)c1. The highest BCUT2D eigenvalue weighted by molar-refractivity contribution is 7.99. The first-order chi connectivity index (χ1) is 7.89. The van der Waals surface area contributed by atoms with Crippen LogP contribution in [0.4, 0.5) is 0 Å². The van der Waals surface area contributed by atoms with Gasteiger partial charge < -0.3 is 10.2 Å². The summed E-state index contributed by atoms with van der Waals surface area (Å²) in [5, 5.41) is 19.8.